The third-order valence-electron chi connectivity index (χ3n) is 4.82. The van der Waals surface area contributed by atoms with Crippen molar-refractivity contribution >= 4 is 11.4 Å². The van der Waals surface area contributed by atoms with E-state index in [4.69, 9.17) is 4.99 Å². The van der Waals surface area contributed by atoms with Crippen LogP contribution >= 0.6 is 0 Å². The first-order chi connectivity index (χ1) is 9.83. The highest BCUT2D eigenvalue weighted by molar-refractivity contribution is 5.89. The van der Waals surface area contributed by atoms with Crippen LogP contribution < -0.4 is 4.57 Å². The number of aromatic nitrogens is 1. The Bertz CT molecular complexity index is 490. The second-order valence-electron chi connectivity index (χ2n) is 6.54. The Balaban J connectivity index is 1.85. The van der Waals surface area contributed by atoms with Crippen molar-refractivity contribution in [3.05, 3.63) is 24.0 Å². The summed E-state index contributed by atoms with van der Waals surface area (Å²) in [6, 6.07) is 2.20. The van der Waals surface area contributed by atoms with E-state index in [9.17, 15) is 0 Å². The molecular weight excluding hydrogens is 244 g/mol. The van der Waals surface area contributed by atoms with Crippen molar-refractivity contribution < 1.29 is 4.57 Å². The van der Waals surface area contributed by atoms with Crippen molar-refractivity contribution in [1.29, 1.82) is 0 Å². The van der Waals surface area contributed by atoms with Gasteiger partial charge in [-0.15, -0.1) is 0 Å². The Hall–Kier alpha value is -1.18. The molecule has 0 spiro atoms. The van der Waals surface area contributed by atoms with Crippen molar-refractivity contribution in [1.82, 2.24) is 0 Å². The molecule has 0 saturated heterocycles. The van der Waals surface area contributed by atoms with Crippen LogP contribution in [0.4, 0.5) is 5.69 Å². The molecule has 1 fully saturated rings. The maximum atomic E-state index is 4.94. The SMILES string of the molecule is C[n+]1ccc2c(c1)C1CCCCCCCCCC(=N2)C1. The molecule has 108 valence electrons. The van der Waals surface area contributed by atoms with Crippen LogP contribution in [-0.4, -0.2) is 5.71 Å². The molecule has 0 radical (unpaired) electrons. The third kappa shape index (κ3) is 3.28. The highest BCUT2D eigenvalue weighted by Crippen LogP contribution is 2.37. The molecule has 3 rings (SSSR count). The van der Waals surface area contributed by atoms with Crippen LogP contribution in [0.1, 0.15) is 75.7 Å². The summed E-state index contributed by atoms with van der Waals surface area (Å²) in [5, 5.41) is 0. The van der Waals surface area contributed by atoms with Crippen LogP contribution in [0.5, 0.6) is 0 Å². The molecule has 0 N–H and O–H groups in total. The molecular formula is C18H27N2+. The average Bonchev–Trinajstić information content (AvgIpc) is 2.44. The molecule has 1 saturated carbocycles. The van der Waals surface area contributed by atoms with E-state index in [0.29, 0.717) is 5.92 Å². The quantitative estimate of drug-likeness (QED) is 0.613. The lowest BCUT2D eigenvalue weighted by Crippen LogP contribution is -2.28. The van der Waals surface area contributed by atoms with Gasteiger partial charge in [0.1, 0.15) is 7.05 Å². The lowest BCUT2D eigenvalue weighted by Gasteiger charge is -2.24. The number of pyridine rings is 1. The van der Waals surface area contributed by atoms with Gasteiger partial charge in [-0.25, -0.2) is 4.57 Å². The summed E-state index contributed by atoms with van der Waals surface area (Å²) in [7, 11) is 2.12. The first kappa shape index (κ1) is 13.8. The van der Waals surface area contributed by atoms with Crippen molar-refractivity contribution in [2.24, 2.45) is 12.0 Å². The maximum absolute atomic E-state index is 4.94. The first-order valence-electron chi connectivity index (χ1n) is 8.38. The first-order valence-corrected chi connectivity index (χ1v) is 8.38. The van der Waals surface area contributed by atoms with Gasteiger partial charge in [0.15, 0.2) is 12.4 Å². The summed E-state index contributed by atoms with van der Waals surface area (Å²) >= 11 is 0. The monoisotopic (exact) mass is 271 g/mol. The van der Waals surface area contributed by atoms with Gasteiger partial charge in [0.25, 0.3) is 0 Å². The zero-order valence-electron chi connectivity index (χ0n) is 12.8. The van der Waals surface area contributed by atoms with Crippen LogP contribution in [0.2, 0.25) is 0 Å². The smallest absolute Gasteiger partial charge is 0.174 e. The molecule has 2 heteroatoms. The molecule has 1 aromatic heterocycles. The Kier molecular flexibility index (Phi) is 4.49. The minimum absolute atomic E-state index is 0.712. The highest BCUT2D eigenvalue weighted by Gasteiger charge is 2.24. The van der Waals surface area contributed by atoms with E-state index in [1.807, 2.05) is 0 Å². The number of aryl methyl sites for hydroxylation is 1. The van der Waals surface area contributed by atoms with Crippen LogP contribution in [0.15, 0.2) is 23.5 Å². The Morgan fingerprint density at radius 3 is 2.65 bits per heavy atom. The molecule has 0 aromatic carbocycles. The van der Waals surface area contributed by atoms with Gasteiger partial charge in [-0.2, -0.15) is 0 Å². The highest BCUT2D eigenvalue weighted by atomic mass is 14.9. The van der Waals surface area contributed by atoms with E-state index in [1.165, 1.54) is 81.2 Å². The van der Waals surface area contributed by atoms with E-state index in [1.54, 1.807) is 0 Å². The summed E-state index contributed by atoms with van der Waals surface area (Å²) in [5.74, 6) is 0.712. The van der Waals surface area contributed by atoms with Gasteiger partial charge in [0, 0.05) is 17.3 Å². The molecule has 20 heavy (non-hydrogen) atoms. The zero-order chi connectivity index (χ0) is 13.8. The van der Waals surface area contributed by atoms with E-state index in [-0.39, 0.29) is 0 Å². The number of hydrogen-bond donors (Lipinski definition) is 0. The normalized spacial score (nSPS) is 24.1. The Labute approximate surface area is 122 Å². The number of hydrogen-bond acceptors (Lipinski definition) is 1. The lowest BCUT2D eigenvalue weighted by atomic mass is 9.84. The Morgan fingerprint density at radius 1 is 1.05 bits per heavy atom. The van der Waals surface area contributed by atoms with Crippen LogP contribution in [0, 0.1) is 0 Å². The number of fused-ring (bicyclic) bond motifs is 4. The summed E-state index contributed by atoms with van der Waals surface area (Å²) in [4.78, 5) is 4.94. The molecule has 1 aromatic rings. The Morgan fingerprint density at radius 2 is 1.80 bits per heavy atom. The molecule has 2 heterocycles. The predicted octanol–water partition coefficient (Wildman–Crippen LogP) is 4.60. The fourth-order valence-electron chi connectivity index (χ4n) is 3.66. The average molecular weight is 271 g/mol. The number of aliphatic imine (C=N–C) groups is 1. The molecule has 1 unspecified atom stereocenters. The molecule has 2 aliphatic rings. The fraction of sp³-hybridized carbons (Fsp3) is 0.667. The standard InChI is InChI=1S/C18H27N2/c1-20-12-11-18-17(14-20)15-9-7-5-3-2-4-6-8-10-16(13-15)19-18/h11-12,14-15H,2-10,13H2,1H3/q+1. The molecule has 1 aliphatic carbocycles. The lowest BCUT2D eigenvalue weighted by molar-refractivity contribution is -0.671. The van der Waals surface area contributed by atoms with Crippen molar-refractivity contribution in [2.75, 3.05) is 0 Å². The minimum Gasteiger partial charge on any atom is -0.257 e. The molecule has 0 amide bonds. The van der Waals surface area contributed by atoms with E-state index >= 15 is 0 Å². The van der Waals surface area contributed by atoms with Gasteiger partial charge in [-0.3, -0.25) is 4.99 Å². The van der Waals surface area contributed by atoms with Gasteiger partial charge < -0.3 is 0 Å². The van der Waals surface area contributed by atoms with Crippen molar-refractivity contribution in [3.8, 4) is 0 Å². The second-order valence-corrected chi connectivity index (χ2v) is 6.54. The summed E-state index contributed by atoms with van der Waals surface area (Å²) < 4.78 is 2.18. The van der Waals surface area contributed by atoms with E-state index in [2.05, 4.69) is 30.1 Å². The third-order valence-corrected chi connectivity index (χ3v) is 4.82. The second kappa shape index (κ2) is 6.51. The van der Waals surface area contributed by atoms with Gasteiger partial charge in [-0.05, 0) is 31.6 Å². The topological polar surface area (TPSA) is 16.2 Å². The predicted molar refractivity (Wildman–Crippen MR) is 83.6 cm³/mol. The van der Waals surface area contributed by atoms with Crippen molar-refractivity contribution in [2.45, 2.75) is 70.1 Å². The molecule has 1 atom stereocenters. The maximum Gasteiger partial charge on any atom is 0.174 e. The summed E-state index contributed by atoms with van der Waals surface area (Å²) in [5.41, 5.74) is 4.18. The molecule has 2 nitrogen and oxygen atoms in total. The van der Waals surface area contributed by atoms with Gasteiger partial charge in [-0.1, -0.05) is 38.5 Å². The summed E-state index contributed by atoms with van der Waals surface area (Å²) in [6.07, 6.45) is 18.0. The van der Waals surface area contributed by atoms with Gasteiger partial charge in [0.2, 0.25) is 0 Å². The van der Waals surface area contributed by atoms with E-state index < -0.39 is 0 Å². The van der Waals surface area contributed by atoms with E-state index in [0.717, 1.165) is 0 Å². The fourth-order valence-corrected chi connectivity index (χ4v) is 3.66. The van der Waals surface area contributed by atoms with Crippen molar-refractivity contribution in [3.63, 3.8) is 0 Å². The van der Waals surface area contributed by atoms with Crippen LogP contribution in [-0.2, 0) is 7.05 Å². The largest absolute Gasteiger partial charge is 0.257 e. The zero-order valence-corrected chi connectivity index (χ0v) is 12.8. The van der Waals surface area contributed by atoms with Crippen LogP contribution in [0.25, 0.3) is 0 Å². The summed E-state index contributed by atoms with van der Waals surface area (Å²) in [6.45, 7) is 0. The van der Waals surface area contributed by atoms with Gasteiger partial charge in [0.05, 0.1) is 5.69 Å². The molecule has 1 aliphatic heterocycles. The van der Waals surface area contributed by atoms with Crippen LogP contribution in [0.3, 0.4) is 0 Å². The number of rotatable bonds is 0. The number of nitrogens with zero attached hydrogens (tertiary/aromatic N) is 2. The van der Waals surface area contributed by atoms with Gasteiger partial charge >= 0.3 is 0 Å². The minimum atomic E-state index is 0.712. The molecule has 2 bridgehead atoms.